The van der Waals surface area contributed by atoms with Gasteiger partial charge in [0.25, 0.3) is 0 Å². The van der Waals surface area contributed by atoms with Gasteiger partial charge in [-0.15, -0.1) is 0 Å². The Morgan fingerprint density at radius 1 is 1.14 bits per heavy atom. The molecular weight excluding hydrogens is 262 g/mol. The molecule has 4 rings (SSSR count). The summed E-state index contributed by atoms with van der Waals surface area (Å²) in [5.41, 5.74) is 7.53. The zero-order chi connectivity index (χ0) is 14.4. The molecule has 3 aliphatic rings. The summed E-state index contributed by atoms with van der Waals surface area (Å²) in [6.45, 7) is 2.45. The summed E-state index contributed by atoms with van der Waals surface area (Å²) >= 11 is 0. The number of amides is 2. The number of anilines is 1. The number of carbonyl (C=O) groups is 1. The lowest BCUT2D eigenvalue weighted by Crippen LogP contribution is -2.34. The van der Waals surface area contributed by atoms with Crippen LogP contribution in [0.2, 0.25) is 0 Å². The van der Waals surface area contributed by atoms with Crippen LogP contribution >= 0.6 is 0 Å². The molecular formula is C17H23N3O. The van der Waals surface area contributed by atoms with Gasteiger partial charge in [-0.2, -0.15) is 0 Å². The Morgan fingerprint density at radius 3 is 2.33 bits per heavy atom. The van der Waals surface area contributed by atoms with Crippen LogP contribution in [0.4, 0.5) is 10.5 Å². The molecule has 1 aromatic rings. The Balaban J connectivity index is 1.39. The molecule has 2 amide bonds. The van der Waals surface area contributed by atoms with Gasteiger partial charge in [-0.3, -0.25) is 0 Å². The largest absolute Gasteiger partial charge is 0.326 e. The van der Waals surface area contributed by atoms with Crippen molar-refractivity contribution in [3.05, 3.63) is 29.8 Å². The summed E-state index contributed by atoms with van der Waals surface area (Å²) in [7, 11) is 0. The summed E-state index contributed by atoms with van der Waals surface area (Å²) in [5, 5.41) is 3.02. The smallest absolute Gasteiger partial charge is 0.321 e. The molecule has 3 N–H and O–H groups in total. The zero-order valence-electron chi connectivity index (χ0n) is 12.3. The third-order valence-electron chi connectivity index (χ3n) is 5.87. The van der Waals surface area contributed by atoms with E-state index in [2.05, 4.69) is 5.32 Å². The number of hydrogen-bond donors (Lipinski definition) is 2. The van der Waals surface area contributed by atoms with Crippen molar-refractivity contribution in [1.82, 2.24) is 4.90 Å². The first-order valence-corrected chi connectivity index (χ1v) is 8.09. The van der Waals surface area contributed by atoms with Crippen molar-refractivity contribution in [2.45, 2.75) is 25.8 Å². The Morgan fingerprint density at radius 2 is 1.76 bits per heavy atom. The summed E-state index contributed by atoms with van der Waals surface area (Å²) in [6.07, 6.45) is 4.20. The molecule has 2 saturated carbocycles. The minimum absolute atomic E-state index is 0.0595. The molecule has 1 saturated heterocycles. The maximum Gasteiger partial charge on any atom is 0.321 e. The van der Waals surface area contributed by atoms with E-state index in [0.29, 0.717) is 6.54 Å². The monoisotopic (exact) mass is 285 g/mol. The van der Waals surface area contributed by atoms with Gasteiger partial charge in [0.15, 0.2) is 0 Å². The number of carbonyl (C=O) groups excluding carboxylic acids is 1. The average Bonchev–Trinajstić information content (AvgIpc) is 3.20. The van der Waals surface area contributed by atoms with Gasteiger partial charge in [0, 0.05) is 25.3 Å². The van der Waals surface area contributed by atoms with Gasteiger partial charge in [-0.05, 0) is 60.6 Å². The van der Waals surface area contributed by atoms with Gasteiger partial charge in [0.05, 0.1) is 0 Å². The third-order valence-corrected chi connectivity index (χ3v) is 5.87. The Hall–Kier alpha value is -1.55. The van der Waals surface area contributed by atoms with Crippen LogP contribution in [-0.4, -0.2) is 24.0 Å². The number of nitrogens with zero attached hydrogens (tertiary/aromatic N) is 1. The first-order valence-electron chi connectivity index (χ1n) is 8.09. The number of urea groups is 1. The molecule has 3 fully saturated rings. The summed E-state index contributed by atoms with van der Waals surface area (Å²) < 4.78 is 0. The van der Waals surface area contributed by atoms with Crippen LogP contribution in [0, 0.1) is 23.7 Å². The van der Waals surface area contributed by atoms with E-state index >= 15 is 0 Å². The molecule has 1 heterocycles. The molecule has 21 heavy (non-hydrogen) atoms. The van der Waals surface area contributed by atoms with Crippen molar-refractivity contribution in [2.24, 2.45) is 29.4 Å². The van der Waals surface area contributed by atoms with Crippen LogP contribution in [0.1, 0.15) is 24.8 Å². The fraction of sp³-hybridized carbons (Fsp3) is 0.588. The van der Waals surface area contributed by atoms with Crippen molar-refractivity contribution < 1.29 is 4.79 Å². The number of rotatable bonds is 2. The van der Waals surface area contributed by atoms with Gasteiger partial charge >= 0.3 is 6.03 Å². The Labute approximate surface area is 125 Å². The topological polar surface area (TPSA) is 58.4 Å². The Bertz CT molecular complexity index is 523. The summed E-state index contributed by atoms with van der Waals surface area (Å²) in [6, 6.07) is 7.86. The molecule has 2 aliphatic carbocycles. The fourth-order valence-electron chi connectivity index (χ4n) is 4.77. The molecule has 0 radical (unpaired) electrons. The number of likely N-dealkylation sites (tertiary alicyclic amines) is 1. The summed E-state index contributed by atoms with van der Waals surface area (Å²) in [5.74, 6) is 3.33. The van der Waals surface area contributed by atoms with Gasteiger partial charge in [0.1, 0.15) is 0 Å². The Kier molecular flexibility index (Phi) is 3.14. The van der Waals surface area contributed by atoms with E-state index in [1.807, 2.05) is 29.2 Å². The number of fused-ring (bicyclic) bond motifs is 5. The minimum atomic E-state index is 0.0595. The number of benzene rings is 1. The van der Waals surface area contributed by atoms with E-state index in [4.69, 9.17) is 5.73 Å². The highest BCUT2D eigenvalue weighted by molar-refractivity contribution is 5.89. The fourth-order valence-corrected chi connectivity index (χ4v) is 4.77. The normalized spacial score (nSPS) is 33.3. The predicted octanol–water partition coefficient (Wildman–Crippen LogP) is 2.66. The second-order valence-electron chi connectivity index (χ2n) is 6.90. The van der Waals surface area contributed by atoms with Crippen molar-refractivity contribution in [3.8, 4) is 0 Å². The highest BCUT2D eigenvalue weighted by atomic mass is 16.2. The molecule has 112 valence electrons. The first kappa shape index (κ1) is 13.1. The highest BCUT2D eigenvalue weighted by Gasteiger charge is 2.52. The van der Waals surface area contributed by atoms with E-state index in [0.717, 1.165) is 48.0 Å². The van der Waals surface area contributed by atoms with Crippen molar-refractivity contribution in [2.75, 3.05) is 18.4 Å². The van der Waals surface area contributed by atoms with Crippen LogP contribution in [0.25, 0.3) is 0 Å². The average molecular weight is 285 g/mol. The quantitative estimate of drug-likeness (QED) is 0.877. The zero-order valence-corrected chi connectivity index (χ0v) is 12.3. The molecule has 0 aromatic heterocycles. The molecule has 1 aromatic carbocycles. The van der Waals surface area contributed by atoms with Crippen molar-refractivity contribution >= 4 is 11.7 Å². The first-order chi connectivity index (χ1) is 10.2. The number of nitrogens with two attached hydrogens (primary N) is 1. The van der Waals surface area contributed by atoms with E-state index < -0.39 is 0 Å². The molecule has 2 bridgehead atoms. The van der Waals surface area contributed by atoms with Crippen molar-refractivity contribution in [3.63, 3.8) is 0 Å². The van der Waals surface area contributed by atoms with Gasteiger partial charge in [-0.25, -0.2) is 4.79 Å². The van der Waals surface area contributed by atoms with Crippen LogP contribution in [0.5, 0.6) is 0 Å². The van der Waals surface area contributed by atoms with Gasteiger partial charge < -0.3 is 16.0 Å². The maximum atomic E-state index is 12.4. The van der Waals surface area contributed by atoms with Crippen LogP contribution in [-0.2, 0) is 6.54 Å². The van der Waals surface area contributed by atoms with Crippen molar-refractivity contribution in [1.29, 1.82) is 0 Å². The standard InChI is InChI=1S/C17H23N3O/c18-8-11-1-5-14(6-2-11)19-17(21)20-9-15-12-3-4-13(7-12)16(15)10-20/h1-2,5-6,12-13,15-16H,3-4,7-10,18H2,(H,19,21). The van der Waals surface area contributed by atoms with Crippen LogP contribution in [0.15, 0.2) is 24.3 Å². The maximum absolute atomic E-state index is 12.4. The van der Waals surface area contributed by atoms with Gasteiger partial charge in [-0.1, -0.05) is 12.1 Å². The molecule has 0 spiro atoms. The van der Waals surface area contributed by atoms with E-state index in [1.54, 1.807) is 0 Å². The number of nitrogens with one attached hydrogen (secondary N) is 1. The second kappa shape index (κ2) is 5.02. The molecule has 4 unspecified atom stereocenters. The van der Waals surface area contributed by atoms with Crippen LogP contribution < -0.4 is 11.1 Å². The molecule has 4 heteroatoms. The highest BCUT2D eigenvalue weighted by Crippen LogP contribution is 2.55. The molecule has 1 aliphatic heterocycles. The molecule has 4 atom stereocenters. The second-order valence-corrected chi connectivity index (χ2v) is 6.90. The lowest BCUT2D eigenvalue weighted by atomic mass is 9.82. The lowest BCUT2D eigenvalue weighted by molar-refractivity contribution is 0.217. The predicted molar refractivity (Wildman–Crippen MR) is 82.7 cm³/mol. The SMILES string of the molecule is NCc1ccc(NC(=O)N2CC3C4CCC(C4)C3C2)cc1. The van der Waals surface area contributed by atoms with E-state index in [1.165, 1.54) is 19.3 Å². The van der Waals surface area contributed by atoms with Crippen LogP contribution in [0.3, 0.4) is 0 Å². The minimum Gasteiger partial charge on any atom is -0.326 e. The van der Waals surface area contributed by atoms with E-state index in [9.17, 15) is 4.79 Å². The number of hydrogen-bond acceptors (Lipinski definition) is 2. The lowest BCUT2D eigenvalue weighted by Gasteiger charge is -2.22. The molecule has 4 nitrogen and oxygen atoms in total. The van der Waals surface area contributed by atoms with E-state index in [-0.39, 0.29) is 6.03 Å². The summed E-state index contributed by atoms with van der Waals surface area (Å²) in [4.78, 5) is 14.4. The third kappa shape index (κ3) is 2.22. The van der Waals surface area contributed by atoms with Gasteiger partial charge in [0.2, 0.25) is 0 Å².